The van der Waals surface area contributed by atoms with Crippen molar-refractivity contribution in [1.29, 1.82) is 0 Å². The summed E-state index contributed by atoms with van der Waals surface area (Å²) in [6.07, 6.45) is 3.44. The maximum Gasteiger partial charge on any atom is -0.00258 e. The quantitative estimate of drug-likeness (QED) is 0.708. The van der Waals surface area contributed by atoms with Crippen molar-refractivity contribution in [2.75, 3.05) is 0 Å². The summed E-state index contributed by atoms with van der Waals surface area (Å²) in [5.74, 6) is 0. The topological polar surface area (TPSA) is 0 Å². The molecule has 16 heavy (non-hydrogen) atoms. The lowest BCUT2D eigenvalue weighted by atomic mass is 10.0. The molecule has 0 bridgehead atoms. The van der Waals surface area contributed by atoms with E-state index in [1.54, 1.807) is 0 Å². The Morgan fingerprint density at radius 1 is 0.688 bits per heavy atom. The second-order valence-electron chi connectivity index (χ2n) is 4.23. The molecule has 0 amide bonds. The third-order valence-electron chi connectivity index (χ3n) is 2.81. The van der Waals surface area contributed by atoms with Gasteiger partial charge in [-0.3, -0.25) is 0 Å². The molecular weight excluding hydrogens is 192 g/mol. The first-order valence-corrected chi connectivity index (χ1v) is 6.00. The van der Waals surface area contributed by atoms with E-state index in [2.05, 4.69) is 61.5 Å². The number of hydrogen-bond donors (Lipinski definition) is 0. The van der Waals surface area contributed by atoms with Gasteiger partial charge in [-0.2, -0.15) is 0 Å². The third kappa shape index (κ3) is 2.96. The Kier molecular flexibility index (Phi) is 3.76. The lowest BCUT2D eigenvalue weighted by Crippen LogP contribution is -1.89. The van der Waals surface area contributed by atoms with Gasteiger partial charge >= 0.3 is 0 Å². The maximum absolute atomic E-state index is 2.25. The first-order valence-electron chi connectivity index (χ1n) is 6.00. The van der Waals surface area contributed by atoms with E-state index in [4.69, 9.17) is 0 Å². The molecule has 0 heterocycles. The number of hydrogen-bond acceptors (Lipinski definition) is 0. The van der Waals surface area contributed by atoms with Gasteiger partial charge in [-0.25, -0.2) is 0 Å². The van der Waals surface area contributed by atoms with Crippen molar-refractivity contribution >= 4 is 0 Å². The number of aryl methyl sites for hydroxylation is 1. The Bertz CT molecular complexity index is 412. The van der Waals surface area contributed by atoms with E-state index in [0.29, 0.717) is 0 Å². The van der Waals surface area contributed by atoms with Crippen molar-refractivity contribution in [3.63, 3.8) is 0 Å². The maximum atomic E-state index is 2.25. The standard InChI is InChI=1S/C16H18/c1-2-6-14-9-11-16(12-10-14)13-15-7-4-3-5-8-15/h3-5,7-12H,2,6,13H2,1H3. The summed E-state index contributed by atoms with van der Waals surface area (Å²) in [6, 6.07) is 19.6. The second kappa shape index (κ2) is 5.50. The molecule has 0 aliphatic carbocycles. The molecular formula is C16H18. The third-order valence-corrected chi connectivity index (χ3v) is 2.81. The monoisotopic (exact) mass is 210 g/mol. The van der Waals surface area contributed by atoms with Gasteiger partial charge in [0.15, 0.2) is 0 Å². The lowest BCUT2D eigenvalue weighted by Gasteiger charge is -2.03. The van der Waals surface area contributed by atoms with Crippen molar-refractivity contribution in [2.45, 2.75) is 26.2 Å². The average Bonchev–Trinajstić information content (AvgIpc) is 2.33. The van der Waals surface area contributed by atoms with Gasteiger partial charge in [0.05, 0.1) is 0 Å². The van der Waals surface area contributed by atoms with E-state index in [1.807, 2.05) is 0 Å². The molecule has 2 aromatic carbocycles. The van der Waals surface area contributed by atoms with Gasteiger partial charge in [0.1, 0.15) is 0 Å². The van der Waals surface area contributed by atoms with E-state index < -0.39 is 0 Å². The summed E-state index contributed by atoms with van der Waals surface area (Å²) < 4.78 is 0. The molecule has 2 aromatic rings. The van der Waals surface area contributed by atoms with Gasteiger partial charge in [-0.15, -0.1) is 0 Å². The van der Waals surface area contributed by atoms with Gasteiger partial charge in [0, 0.05) is 0 Å². The molecule has 2 rings (SSSR count). The highest BCUT2D eigenvalue weighted by Crippen LogP contribution is 2.11. The van der Waals surface area contributed by atoms with Crippen LogP contribution in [0.15, 0.2) is 54.6 Å². The van der Waals surface area contributed by atoms with Crippen molar-refractivity contribution in [1.82, 2.24) is 0 Å². The van der Waals surface area contributed by atoms with Gasteiger partial charge in [0.25, 0.3) is 0 Å². The van der Waals surface area contributed by atoms with Crippen molar-refractivity contribution in [2.24, 2.45) is 0 Å². The molecule has 0 saturated carbocycles. The fourth-order valence-electron chi connectivity index (χ4n) is 1.94. The molecule has 0 aliphatic rings. The molecule has 0 radical (unpaired) electrons. The van der Waals surface area contributed by atoms with Crippen molar-refractivity contribution in [3.05, 3.63) is 71.3 Å². The van der Waals surface area contributed by atoms with Crippen LogP contribution in [0.1, 0.15) is 30.0 Å². The van der Waals surface area contributed by atoms with Crippen LogP contribution in [-0.4, -0.2) is 0 Å². The Morgan fingerprint density at radius 3 is 1.88 bits per heavy atom. The molecule has 0 N–H and O–H groups in total. The number of benzene rings is 2. The van der Waals surface area contributed by atoms with Crippen LogP contribution in [0.4, 0.5) is 0 Å². The van der Waals surface area contributed by atoms with Crippen LogP contribution in [0.5, 0.6) is 0 Å². The molecule has 0 atom stereocenters. The van der Waals surface area contributed by atoms with Crippen LogP contribution in [0.3, 0.4) is 0 Å². The minimum atomic E-state index is 1.03. The average molecular weight is 210 g/mol. The summed E-state index contributed by atoms with van der Waals surface area (Å²) in [4.78, 5) is 0. The number of rotatable bonds is 4. The first kappa shape index (κ1) is 10.9. The van der Waals surface area contributed by atoms with E-state index in [-0.39, 0.29) is 0 Å². The molecule has 0 saturated heterocycles. The SMILES string of the molecule is CCCc1ccc(Cc2ccccc2)cc1. The Labute approximate surface area is 97.9 Å². The zero-order valence-electron chi connectivity index (χ0n) is 9.82. The lowest BCUT2D eigenvalue weighted by molar-refractivity contribution is 0.920. The van der Waals surface area contributed by atoms with Crippen molar-refractivity contribution in [3.8, 4) is 0 Å². The molecule has 0 unspecified atom stereocenters. The normalized spacial score (nSPS) is 10.3. The predicted molar refractivity (Wildman–Crippen MR) is 69.7 cm³/mol. The second-order valence-corrected chi connectivity index (χ2v) is 4.23. The van der Waals surface area contributed by atoms with Crippen LogP contribution in [0.25, 0.3) is 0 Å². The van der Waals surface area contributed by atoms with E-state index in [9.17, 15) is 0 Å². The summed E-state index contributed by atoms with van der Waals surface area (Å²) in [5, 5.41) is 0. The fourth-order valence-corrected chi connectivity index (χ4v) is 1.94. The van der Waals surface area contributed by atoms with Crippen LogP contribution in [-0.2, 0) is 12.8 Å². The summed E-state index contributed by atoms with van der Waals surface area (Å²) in [7, 11) is 0. The highest BCUT2D eigenvalue weighted by atomic mass is 14.0. The Balaban J connectivity index is 2.05. The van der Waals surface area contributed by atoms with Crippen LogP contribution >= 0.6 is 0 Å². The molecule has 0 fully saturated rings. The minimum Gasteiger partial charge on any atom is -0.0651 e. The molecule has 82 valence electrons. The molecule has 0 nitrogen and oxygen atoms in total. The molecule has 0 heteroatoms. The molecule has 0 aliphatic heterocycles. The smallest absolute Gasteiger partial charge is 0.00258 e. The highest BCUT2D eigenvalue weighted by molar-refractivity contribution is 5.28. The van der Waals surface area contributed by atoms with Crippen molar-refractivity contribution < 1.29 is 0 Å². The zero-order valence-corrected chi connectivity index (χ0v) is 9.82. The van der Waals surface area contributed by atoms with Crippen LogP contribution in [0.2, 0.25) is 0 Å². The molecule has 0 spiro atoms. The highest BCUT2D eigenvalue weighted by Gasteiger charge is 1.96. The molecule has 0 aromatic heterocycles. The minimum absolute atomic E-state index is 1.03. The Morgan fingerprint density at radius 2 is 1.25 bits per heavy atom. The summed E-state index contributed by atoms with van der Waals surface area (Å²) >= 11 is 0. The van der Waals surface area contributed by atoms with E-state index in [1.165, 1.54) is 29.5 Å². The van der Waals surface area contributed by atoms with Gasteiger partial charge in [-0.05, 0) is 29.5 Å². The largest absolute Gasteiger partial charge is 0.0651 e. The van der Waals surface area contributed by atoms with E-state index >= 15 is 0 Å². The summed E-state index contributed by atoms with van der Waals surface area (Å²) in [5.41, 5.74) is 4.22. The summed E-state index contributed by atoms with van der Waals surface area (Å²) in [6.45, 7) is 2.22. The Hall–Kier alpha value is -1.56. The van der Waals surface area contributed by atoms with Gasteiger partial charge < -0.3 is 0 Å². The van der Waals surface area contributed by atoms with Crippen LogP contribution < -0.4 is 0 Å². The van der Waals surface area contributed by atoms with Gasteiger partial charge in [0.2, 0.25) is 0 Å². The fraction of sp³-hybridized carbons (Fsp3) is 0.250. The van der Waals surface area contributed by atoms with Gasteiger partial charge in [-0.1, -0.05) is 67.9 Å². The van der Waals surface area contributed by atoms with E-state index in [0.717, 1.165) is 6.42 Å². The zero-order chi connectivity index (χ0) is 11.2. The van der Waals surface area contributed by atoms with Crippen LogP contribution in [0, 0.1) is 0 Å². The predicted octanol–water partition coefficient (Wildman–Crippen LogP) is 4.23. The first-order chi connectivity index (χ1) is 7.88.